The molecule has 6 heteroatoms. The molecule has 1 amide bonds. The number of carbonyl (C=O) groups excluding carboxylic acids is 1. The highest BCUT2D eigenvalue weighted by Crippen LogP contribution is 2.33. The smallest absolute Gasteiger partial charge is 0.263 e. The van der Waals surface area contributed by atoms with E-state index < -0.39 is 0 Å². The van der Waals surface area contributed by atoms with Gasteiger partial charge in [-0.2, -0.15) is 0 Å². The minimum Gasteiger partial charge on any atom is -0.488 e. The van der Waals surface area contributed by atoms with Crippen LogP contribution in [0.2, 0.25) is 0 Å². The predicted molar refractivity (Wildman–Crippen MR) is 119 cm³/mol. The molecule has 1 heterocycles. The molecular weight excluding hydrogens is 442 g/mol. The average Bonchev–Trinajstić information content (AvgIpc) is 2.98. The third kappa shape index (κ3) is 4.24. The molecule has 1 aliphatic heterocycles. The fraction of sp³-hybridized carbons (Fsp3) is 0.0476. The second-order valence-corrected chi connectivity index (χ2v) is 8.64. The maximum Gasteiger partial charge on any atom is 0.263 e. The molecule has 3 aromatic rings. The number of rotatable bonds is 4. The van der Waals surface area contributed by atoms with Gasteiger partial charge in [0.15, 0.2) is 0 Å². The summed E-state index contributed by atoms with van der Waals surface area (Å²) >= 11 is 9.86. The number of thiocarbonyl (C=S) groups is 1. The summed E-state index contributed by atoms with van der Waals surface area (Å²) in [4.78, 5) is 12.6. The molecule has 0 aromatic heterocycles. The van der Waals surface area contributed by atoms with E-state index in [1.165, 1.54) is 11.8 Å². The van der Waals surface area contributed by atoms with Crippen molar-refractivity contribution in [2.45, 2.75) is 6.61 Å². The Labute approximate surface area is 174 Å². The molecule has 3 aromatic carbocycles. The zero-order valence-electron chi connectivity index (χ0n) is 14.1. The Morgan fingerprint density at radius 3 is 2.63 bits per heavy atom. The molecule has 1 saturated heterocycles. The zero-order chi connectivity index (χ0) is 18.8. The van der Waals surface area contributed by atoms with Crippen LogP contribution >= 0.6 is 39.9 Å². The number of benzene rings is 3. The standard InChI is InChI=1S/C21H14BrNO2S2/c22-17-7-6-14-10-18(25-12-13-4-2-1-3-5-13)16(8-15(14)9-17)11-19-20(24)23-21(26)27-19/h1-11H,12H2,(H,23,24,26)/b19-11-. The molecule has 0 spiro atoms. The molecule has 4 rings (SSSR count). The lowest BCUT2D eigenvalue weighted by Gasteiger charge is -2.12. The third-order valence-electron chi connectivity index (χ3n) is 4.10. The molecule has 1 aliphatic rings. The maximum atomic E-state index is 12.1. The van der Waals surface area contributed by atoms with Crippen LogP contribution in [0.3, 0.4) is 0 Å². The van der Waals surface area contributed by atoms with E-state index in [9.17, 15) is 4.79 Å². The largest absolute Gasteiger partial charge is 0.488 e. The monoisotopic (exact) mass is 455 g/mol. The number of nitrogens with one attached hydrogen (secondary N) is 1. The lowest BCUT2D eigenvalue weighted by molar-refractivity contribution is -0.115. The first-order valence-electron chi connectivity index (χ1n) is 8.23. The van der Waals surface area contributed by atoms with Crippen LogP contribution in [0.4, 0.5) is 0 Å². The van der Waals surface area contributed by atoms with Crippen molar-refractivity contribution in [1.82, 2.24) is 5.32 Å². The molecule has 134 valence electrons. The summed E-state index contributed by atoms with van der Waals surface area (Å²) in [6, 6.07) is 20.1. The van der Waals surface area contributed by atoms with Crippen molar-refractivity contribution in [3.63, 3.8) is 0 Å². The number of hydrogen-bond acceptors (Lipinski definition) is 4. The molecule has 0 atom stereocenters. The first-order chi connectivity index (χ1) is 13.1. The Balaban J connectivity index is 1.75. The fourth-order valence-corrected chi connectivity index (χ4v) is 4.21. The van der Waals surface area contributed by atoms with Crippen LogP contribution in [0.5, 0.6) is 5.75 Å². The van der Waals surface area contributed by atoms with E-state index >= 15 is 0 Å². The van der Waals surface area contributed by atoms with Crippen molar-refractivity contribution in [1.29, 1.82) is 0 Å². The third-order valence-corrected chi connectivity index (χ3v) is 5.75. The topological polar surface area (TPSA) is 38.3 Å². The quantitative estimate of drug-likeness (QED) is 0.406. The Kier molecular flexibility index (Phi) is 5.29. The summed E-state index contributed by atoms with van der Waals surface area (Å²) in [5, 5.41) is 4.79. The molecule has 0 unspecified atom stereocenters. The van der Waals surface area contributed by atoms with Crippen LogP contribution < -0.4 is 10.1 Å². The van der Waals surface area contributed by atoms with Gasteiger partial charge in [-0.25, -0.2) is 0 Å². The predicted octanol–water partition coefficient (Wildman–Crippen LogP) is 5.67. The summed E-state index contributed by atoms with van der Waals surface area (Å²) < 4.78 is 7.58. The van der Waals surface area contributed by atoms with Gasteiger partial charge in [0.25, 0.3) is 5.91 Å². The normalized spacial score (nSPS) is 15.4. The fourth-order valence-electron chi connectivity index (χ4n) is 2.80. The van der Waals surface area contributed by atoms with Crippen LogP contribution in [-0.2, 0) is 11.4 Å². The van der Waals surface area contributed by atoms with E-state index in [2.05, 4.69) is 21.2 Å². The van der Waals surface area contributed by atoms with Crippen molar-refractivity contribution in [2.75, 3.05) is 0 Å². The Morgan fingerprint density at radius 1 is 1.07 bits per heavy atom. The summed E-state index contributed by atoms with van der Waals surface area (Å²) in [7, 11) is 0. The van der Waals surface area contributed by atoms with Crippen LogP contribution in [0.1, 0.15) is 11.1 Å². The van der Waals surface area contributed by atoms with Crippen molar-refractivity contribution in [2.24, 2.45) is 0 Å². The molecule has 27 heavy (non-hydrogen) atoms. The van der Waals surface area contributed by atoms with Crippen molar-refractivity contribution < 1.29 is 9.53 Å². The Morgan fingerprint density at radius 2 is 1.89 bits per heavy atom. The van der Waals surface area contributed by atoms with E-state index in [4.69, 9.17) is 17.0 Å². The summed E-state index contributed by atoms with van der Waals surface area (Å²) in [5.74, 6) is 0.556. The van der Waals surface area contributed by atoms with Gasteiger partial charge >= 0.3 is 0 Å². The number of halogens is 1. The van der Waals surface area contributed by atoms with Gasteiger partial charge in [0.1, 0.15) is 16.7 Å². The molecule has 0 saturated carbocycles. The van der Waals surface area contributed by atoms with Crippen LogP contribution in [0, 0.1) is 0 Å². The van der Waals surface area contributed by atoms with Gasteiger partial charge in [0.2, 0.25) is 0 Å². The second kappa shape index (κ2) is 7.84. The highest BCUT2D eigenvalue weighted by molar-refractivity contribution is 9.10. The van der Waals surface area contributed by atoms with Gasteiger partial charge in [-0.15, -0.1) is 0 Å². The molecule has 0 radical (unpaired) electrons. The number of ether oxygens (including phenoxy) is 1. The van der Waals surface area contributed by atoms with Gasteiger partial charge in [-0.1, -0.05) is 76.3 Å². The van der Waals surface area contributed by atoms with Crippen LogP contribution in [0.25, 0.3) is 16.8 Å². The van der Waals surface area contributed by atoms with E-state index in [0.29, 0.717) is 15.8 Å². The molecular formula is C21H14BrNO2S2. The van der Waals surface area contributed by atoms with Gasteiger partial charge in [0, 0.05) is 10.0 Å². The van der Waals surface area contributed by atoms with Gasteiger partial charge < -0.3 is 10.1 Å². The van der Waals surface area contributed by atoms with Gasteiger partial charge in [-0.3, -0.25) is 4.79 Å². The number of carbonyl (C=O) groups is 1. The van der Waals surface area contributed by atoms with E-state index in [1.54, 1.807) is 0 Å². The molecule has 0 aliphatic carbocycles. The minimum atomic E-state index is -0.173. The van der Waals surface area contributed by atoms with Gasteiger partial charge in [0.05, 0.1) is 4.91 Å². The number of fused-ring (bicyclic) bond motifs is 1. The number of hydrogen-bond donors (Lipinski definition) is 1. The van der Waals surface area contributed by atoms with Crippen molar-refractivity contribution in [3.8, 4) is 5.75 Å². The first-order valence-corrected chi connectivity index (χ1v) is 10.3. The molecule has 1 N–H and O–H groups in total. The van der Waals surface area contributed by atoms with E-state index in [1.807, 2.05) is 66.7 Å². The minimum absolute atomic E-state index is 0.173. The highest BCUT2D eigenvalue weighted by atomic mass is 79.9. The number of amides is 1. The zero-order valence-corrected chi connectivity index (χ0v) is 17.3. The molecule has 0 bridgehead atoms. The summed E-state index contributed by atoms with van der Waals surface area (Å²) in [6.45, 7) is 0.455. The maximum absolute atomic E-state index is 12.1. The van der Waals surface area contributed by atoms with Crippen LogP contribution in [-0.4, -0.2) is 10.2 Å². The van der Waals surface area contributed by atoms with Crippen molar-refractivity contribution >= 4 is 67.0 Å². The highest BCUT2D eigenvalue weighted by Gasteiger charge is 2.22. The molecule has 3 nitrogen and oxygen atoms in total. The average molecular weight is 456 g/mol. The van der Waals surface area contributed by atoms with Crippen molar-refractivity contribution in [3.05, 3.63) is 81.2 Å². The SMILES string of the molecule is O=C1NC(=S)S/C1=C\c1cc2cc(Br)ccc2cc1OCc1ccccc1. The van der Waals surface area contributed by atoms with E-state index in [-0.39, 0.29) is 5.91 Å². The molecule has 1 fully saturated rings. The Hall–Kier alpha value is -2.15. The second-order valence-electron chi connectivity index (χ2n) is 6.01. The lowest BCUT2D eigenvalue weighted by atomic mass is 10.1. The van der Waals surface area contributed by atoms with E-state index in [0.717, 1.165) is 32.1 Å². The number of thioether (sulfide) groups is 1. The lowest BCUT2D eigenvalue weighted by Crippen LogP contribution is -2.17. The Bertz CT molecular complexity index is 1080. The summed E-state index contributed by atoms with van der Waals surface area (Å²) in [6.07, 6.45) is 1.83. The van der Waals surface area contributed by atoms with Crippen LogP contribution in [0.15, 0.2) is 70.0 Å². The summed E-state index contributed by atoms with van der Waals surface area (Å²) in [5.41, 5.74) is 1.93. The first kappa shape index (κ1) is 18.2. The van der Waals surface area contributed by atoms with Gasteiger partial charge in [-0.05, 0) is 46.7 Å².